The van der Waals surface area contributed by atoms with Crippen LogP contribution in [0.5, 0.6) is 0 Å². The molecule has 1 aromatic rings. The maximum absolute atomic E-state index is 13.5. The van der Waals surface area contributed by atoms with E-state index in [1.54, 1.807) is 17.0 Å². The third-order valence-corrected chi connectivity index (χ3v) is 12.2. The molecule has 6 fully saturated rings. The second kappa shape index (κ2) is 14.4. The lowest BCUT2D eigenvalue weighted by molar-refractivity contribution is -0.199. The highest BCUT2D eigenvalue weighted by Gasteiger charge is 2.68. The minimum absolute atomic E-state index is 0. The lowest BCUT2D eigenvalue weighted by Gasteiger charge is -2.64. The molecule has 6 atom stereocenters. The summed E-state index contributed by atoms with van der Waals surface area (Å²) in [6, 6.07) is 8.06. The molecule has 0 aromatic heterocycles. The zero-order chi connectivity index (χ0) is 35.8. The Kier molecular flexibility index (Phi) is 10.9. The van der Waals surface area contributed by atoms with Crippen LogP contribution in [0.4, 0.5) is 9.18 Å². The fourth-order valence-electron chi connectivity index (χ4n) is 8.67. The van der Waals surface area contributed by atoms with Gasteiger partial charge in [-0.2, -0.15) is 5.26 Å². The first-order valence-electron chi connectivity index (χ1n) is 18.1. The Bertz CT molecular complexity index is 1420. The quantitative estimate of drug-likeness (QED) is 0.245. The van der Waals surface area contributed by atoms with Crippen molar-refractivity contribution in [3.63, 3.8) is 0 Å². The third-order valence-electron chi connectivity index (χ3n) is 12.2. The highest BCUT2D eigenvalue weighted by Crippen LogP contribution is 2.65. The summed E-state index contributed by atoms with van der Waals surface area (Å²) in [6.07, 6.45) is 5.84. The average molecular weight is 681 g/mol. The smallest absolute Gasteiger partial charge is 0.444 e. The van der Waals surface area contributed by atoms with Crippen molar-refractivity contribution in [1.29, 1.82) is 5.26 Å². The molecule has 49 heavy (non-hydrogen) atoms. The zero-order valence-corrected chi connectivity index (χ0v) is 30.6. The largest absolute Gasteiger partial charge is 0.482 e. The number of piperidine rings is 1. The van der Waals surface area contributed by atoms with Crippen LogP contribution in [-0.2, 0) is 25.3 Å². The van der Waals surface area contributed by atoms with Gasteiger partial charge in [-0.15, -0.1) is 6.58 Å². The molecule has 0 radical (unpaired) electrons. The molecule has 3 aliphatic carbocycles. The summed E-state index contributed by atoms with van der Waals surface area (Å²) in [7, 11) is -0.664. The molecule has 0 spiro atoms. The summed E-state index contributed by atoms with van der Waals surface area (Å²) in [5, 5.41) is 11.8. The number of carbonyl (C=O) groups is 2. The number of benzene rings is 1. The number of nitriles is 1. The number of nitrogens with one attached hydrogen (secondary N) is 1. The molecule has 3 aliphatic heterocycles. The number of halogens is 1. The van der Waals surface area contributed by atoms with Crippen LogP contribution < -0.4 is 5.32 Å². The SMILES string of the molecule is C=CC(C)(C)N1CCC(C)(C)C1.CC1(C)C2CC1[C@]1(C)OB([C@H](Cc3ccc(F)cc3)NC(=O)O[C@H]3CCCN(C(=O)CC#N)C3)O[C@@H]1C2.[HH]. The molecule has 3 saturated carbocycles. The summed E-state index contributed by atoms with van der Waals surface area (Å²) in [4.78, 5) is 29.2. The average Bonchev–Trinajstić information content (AvgIpc) is 3.61. The highest BCUT2D eigenvalue weighted by atomic mass is 19.1. The van der Waals surface area contributed by atoms with Gasteiger partial charge in [-0.1, -0.05) is 45.9 Å². The van der Waals surface area contributed by atoms with E-state index >= 15 is 0 Å². The molecule has 6 aliphatic rings. The second-order valence-corrected chi connectivity index (χ2v) is 17.0. The summed E-state index contributed by atoms with van der Waals surface area (Å²) in [6.45, 7) is 23.0. The van der Waals surface area contributed by atoms with Crippen molar-refractivity contribution in [2.45, 2.75) is 123 Å². The van der Waals surface area contributed by atoms with E-state index in [-0.39, 0.29) is 43.2 Å². The molecule has 2 amide bonds. The van der Waals surface area contributed by atoms with Crippen LogP contribution in [0, 0.1) is 39.8 Å². The van der Waals surface area contributed by atoms with Crippen molar-refractivity contribution < 1.29 is 29.5 Å². The Morgan fingerprint density at radius 1 is 1.22 bits per heavy atom. The standard InChI is InChI=1S/C27H35BFN3O5.C11H21N.H2/c1-26(2)18-14-21(26)27(3)22(15-18)36-28(37-27)23(13-17-6-8-19(29)9-7-17)31-25(34)35-20-5-4-12-32(16-20)24(33)10-11-30;1-6-11(4,5)12-8-7-10(2,3)9-12;/h6-9,18,20-23H,4-5,10,12-16H2,1-3H3,(H,31,34);6H,1,7-9H2,2-5H3;1H/t18?,20-,21?,22+,23-,27-;;/m0../s1. The molecule has 11 heteroatoms. The van der Waals surface area contributed by atoms with E-state index < -0.39 is 30.9 Å². The van der Waals surface area contributed by atoms with Gasteiger partial charge in [0.25, 0.3) is 0 Å². The van der Waals surface area contributed by atoms with Gasteiger partial charge in [0.2, 0.25) is 5.91 Å². The lowest BCUT2D eigenvalue weighted by Crippen LogP contribution is -2.65. The highest BCUT2D eigenvalue weighted by molar-refractivity contribution is 6.47. The van der Waals surface area contributed by atoms with Gasteiger partial charge in [-0.05, 0) is 106 Å². The number of ether oxygens (including phenoxy) is 1. The van der Waals surface area contributed by atoms with Crippen LogP contribution in [0.2, 0.25) is 0 Å². The van der Waals surface area contributed by atoms with Gasteiger partial charge in [0.1, 0.15) is 18.3 Å². The molecule has 7 rings (SSSR count). The first-order valence-corrected chi connectivity index (χ1v) is 18.1. The monoisotopic (exact) mass is 680 g/mol. The summed E-state index contributed by atoms with van der Waals surface area (Å²) in [5.41, 5.74) is 1.28. The number of alkyl carbamates (subject to hydrolysis) is 1. The van der Waals surface area contributed by atoms with Crippen molar-refractivity contribution in [2.75, 3.05) is 26.2 Å². The maximum Gasteiger partial charge on any atom is 0.482 e. The number of nitrogens with zero attached hydrogens (tertiary/aromatic N) is 3. The normalized spacial score (nSPS) is 30.5. The van der Waals surface area contributed by atoms with Crippen molar-refractivity contribution >= 4 is 19.1 Å². The van der Waals surface area contributed by atoms with Crippen molar-refractivity contribution in [1.82, 2.24) is 15.1 Å². The second-order valence-electron chi connectivity index (χ2n) is 17.0. The number of hydrogen-bond acceptors (Lipinski definition) is 7. The van der Waals surface area contributed by atoms with Gasteiger partial charge >= 0.3 is 13.2 Å². The molecule has 1 N–H and O–H groups in total. The van der Waals surface area contributed by atoms with Crippen LogP contribution in [0.25, 0.3) is 0 Å². The van der Waals surface area contributed by atoms with Crippen molar-refractivity contribution in [2.24, 2.45) is 22.7 Å². The van der Waals surface area contributed by atoms with Crippen LogP contribution in [0.1, 0.15) is 94.0 Å². The minimum atomic E-state index is -0.664. The Balaban J connectivity index is 0.000000368. The van der Waals surface area contributed by atoms with Gasteiger partial charge in [0.15, 0.2) is 0 Å². The molecule has 2 bridgehead atoms. The maximum atomic E-state index is 13.5. The van der Waals surface area contributed by atoms with Gasteiger partial charge in [0.05, 0.1) is 30.3 Å². The number of likely N-dealkylation sites (tertiary alicyclic amines) is 2. The van der Waals surface area contributed by atoms with Crippen LogP contribution in [0.3, 0.4) is 0 Å². The van der Waals surface area contributed by atoms with E-state index in [1.807, 2.05) is 6.07 Å². The molecule has 1 aromatic carbocycles. The van der Waals surface area contributed by atoms with E-state index in [4.69, 9.17) is 19.3 Å². The van der Waals surface area contributed by atoms with E-state index in [0.717, 1.165) is 18.4 Å². The number of carbonyl (C=O) groups excluding carboxylic acids is 2. The predicted molar refractivity (Wildman–Crippen MR) is 190 cm³/mol. The number of amides is 2. The van der Waals surface area contributed by atoms with Gasteiger partial charge in [-0.25, -0.2) is 9.18 Å². The Labute approximate surface area is 294 Å². The summed E-state index contributed by atoms with van der Waals surface area (Å²) in [5.74, 6) is -0.138. The van der Waals surface area contributed by atoms with Gasteiger partial charge in [0, 0.05) is 20.1 Å². The molecule has 3 saturated heterocycles. The van der Waals surface area contributed by atoms with Crippen LogP contribution in [0.15, 0.2) is 36.9 Å². The topological polar surface area (TPSA) is 104 Å². The van der Waals surface area contributed by atoms with Crippen molar-refractivity contribution in [3.05, 3.63) is 48.3 Å². The lowest BCUT2D eigenvalue weighted by atomic mass is 9.43. The Morgan fingerprint density at radius 3 is 2.55 bits per heavy atom. The zero-order valence-electron chi connectivity index (χ0n) is 30.6. The van der Waals surface area contributed by atoms with Crippen molar-refractivity contribution in [3.8, 4) is 6.07 Å². The Morgan fingerprint density at radius 2 is 1.94 bits per heavy atom. The summed E-state index contributed by atoms with van der Waals surface area (Å²) < 4.78 is 32.3. The van der Waals surface area contributed by atoms with Crippen LogP contribution >= 0.6 is 0 Å². The van der Waals surface area contributed by atoms with E-state index in [1.165, 1.54) is 31.6 Å². The van der Waals surface area contributed by atoms with Crippen LogP contribution in [-0.4, -0.2) is 84.4 Å². The molecule has 9 nitrogen and oxygen atoms in total. The first kappa shape index (κ1) is 37.3. The number of hydrogen-bond donors (Lipinski definition) is 1. The Hall–Kier alpha value is -2.94. The van der Waals surface area contributed by atoms with E-state index in [9.17, 15) is 14.0 Å². The third kappa shape index (κ3) is 8.18. The molecule has 3 heterocycles. The van der Waals surface area contributed by atoms with E-state index in [2.05, 4.69) is 71.3 Å². The molecule has 270 valence electrons. The van der Waals surface area contributed by atoms with Gasteiger partial charge in [-0.3, -0.25) is 9.69 Å². The van der Waals surface area contributed by atoms with E-state index in [0.29, 0.717) is 43.1 Å². The molecule has 2 unspecified atom stereocenters. The minimum Gasteiger partial charge on any atom is -0.444 e. The summed E-state index contributed by atoms with van der Waals surface area (Å²) >= 11 is 0. The number of rotatable bonds is 8. The first-order chi connectivity index (χ1) is 23.0. The fourth-order valence-corrected chi connectivity index (χ4v) is 8.67. The molecular formula is C38H58BFN4O5. The fraction of sp³-hybridized carbons (Fsp3) is 0.711. The van der Waals surface area contributed by atoms with Gasteiger partial charge < -0.3 is 24.3 Å². The predicted octanol–water partition coefficient (Wildman–Crippen LogP) is 6.56. The molecular weight excluding hydrogens is 622 g/mol.